The maximum atomic E-state index is 13.2. The third-order valence-corrected chi connectivity index (χ3v) is 2.50. The summed E-state index contributed by atoms with van der Waals surface area (Å²) < 4.78 is 13.2. The molecule has 0 spiro atoms. The van der Waals surface area contributed by atoms with Gasteiger partial charge in [-0.3, -0.25) is 15.5 Å². The van der Waals surface area contributed by atoms with Crippen molar-refractivity contribution in [3.8, 4) is 0 Å². The summed E-state index contributed by atoms with van der Waals surface area (Å²) in [6.45, 7) is 1.13. The Hall–Kier alpha value is -1.53. The standard InChI is InChI=1S/C9H10FN3O2/c1-11-12-4-6-2-8(10)9(13(14)15)3-7(6)5-12/h2-3,11H,4-5H2,1H3. The van der Waals surface area contributed by atoms with E-state index in [0.717, 1.165) is 11.1 Å². The molecule has 1 N–H and O–H groups in total. The second kappa shape index (κ2) is 3.56. The van der Waals surface area contributed by atoms with Crippen molar-refractivity contribution in [3.63, 3.8) is 0 Å². The number of nitro groups is 1. The Labute approximate surface area is 85.6 Å². The van der Waals surface area contributed by atoms with Crippen LogP contribution in [0, 0.1) is 15.9 Å². The molecule has 0 bridgehead atoms. The van der Waals surface area contributed by atoms with E-state index < -0.39 is 16.4 Å². The number of benzene rings is 1. The zero-order chi connectivity index (χ0) is 11.0. The number of nitrogens with one attached hydrogen (secondary N) is 1. The van der Waals surface area contributed by atoms with Crippen molar-refractivity contribution in [2.75, 3.05) is 7.05 Å². The summed E-state index contributed by atoms with van der Waals surface area (Å²) in [4.78, 5) is 9.81. The molecule has 0 amide bonds. The normalized spacial score (nSPS) is 15.3. The average molecular weight is 211 g/mol. The van der Waals surface area contributed by atoms with E-state index >= 15 is 0 Å². The summed E-state index contributed by atoms with van der Waals surface area (Å²) in [6.07, 6.45) is 0. The second-order valence-corrected chi connectivity index (χ2v) is 3.41. The van der Waals surface area contributed by atoms with Crippen LogP contribution in [0.2, 0.25) is 0 Å². The Morgan fingerprint density at radius 2 is 2.07 bits per heavy atom. The van der Waals surface area contributed by atoms with Crippen molar-refractivity contribution < 1.29 is 9.31 Å². The molecular weight excluding hydrogens is 201 g/mol. The second-order valence-electron chi connectivity index (χ2n) is 3.41. The van der Waals surface area contributed by atoms with E-state index in [9.17, 15) is 14.5 Å². The minimum Gasteiger partial charge on any atom is -0.258 e. The number of nitro benzene ring substituents is 1. The summed E-state index contributed by atoms with van der Waals surface area (Å²) in [6, 6.07) is 2.55. The van der Waals surface area contributed by atoms with Gasteiger partial charge in [-0.1, -0.05) is 0 Å². The van der Waals surface area contributed by atoms with Crippen LogP contribution in [0.25, 0.3) is 0 Å². The van der Waals surface area contributed by atoms with E-state index in [1.54, 1.807) is 7.05 Å². The van der Waals surface area contributed by atoms with E-state index in [2.05, 4.69) is 5.43 Å². The fourth-order valence-corrected chi connectivity index (χ4v) is 1.71. The van der Waals surface area contributed by atoms with E-state index in [1.807, 2.05) is 5.01 Å². The number of rotatable bonds is 2. The van der Waals surface area contributed by atoms with Crippen molar-refractivity contribution in [2.45, 2.75) is 13.1 Å². The van der Waals surface area contributed by atoms with Crippen molar-refractivity contribution in [3.05, 3.63) is 39.2 Å². The van der Waals surface area contributed by atoms with Gasteiger partial charge in [-0.05, 0) is 24.2 Å². The maximum Gasteiger partial charge on any atom is 0.305 e. The Morgan fingerprint density at radius 1 is 1.47 bits per heavy atom. The van der Waals surface area contributed by atoms with Crippen molar-refractivity contribution in [1.29, 1.82) is 0 Å². The third-order valence-electron chi connectivity index (χ3n) is 2.50. The fourth-order valence-electron chi connectivity index (χ4n) is 1.71. The van der Waals surface area contributed by atoms with Gasteiger partial charge >= 0.3 is 5.69 Å². The van der Waals surface area contributed by atoms with Gasteiger partial charge in [-0.15, -0.1) is 0 Å². The van der Waals surface area contributed by atoms with E-state index in [0.29, 0.717) is 13.1 Å². The number of nitrogens with zero attached hydrogens (tertiary/aromatic N) is 2. The molecule has 0 saturated heterocycles. The first-order chi connectivity index (χ1) is 7.11. The molecule has 1 heterocycles. The lowest BCUT2D eigenvalue weighted by Gasteiger charge is -2.11. The van der Waals surface area contributed by atoms with Crippen LogP contribution in [0.3, 0.4) is 0 Å². The highest BCUT2D eigenvalue weighted by atomic mass is 19.1. The zero-order valence-corrected chi connectivity index (χ0v) is 8.16. The minimum atomic E-state index is -0.767. The van der Waals surface area contributed by atoms with Crippen LogP contribution in [0.4, 0.5) is 10.1 Å². The SMILES string of the molecule is CNN1Cc2cc(F)c([N+](=O)[O-])cc2C1. The highest BCUT2D eigenvalue weighted by molar-refractivity contribution is 5.42. The number of hydrogen-bond acceptors (Lipinski definition) is 4. The van der Waals surface area contributed by atoms with Crippen LogP contribution < -0.4 is 5.43 Å². The molecular formula is C9H10FN3O2. The summed E-state index contributed by atoms with van der Waals surface area (Å²) in [5.74, 6) is -0.767. The molecule has 0 saturated carbocycles. The molecule has 6 heteroatoms. The first kappa shape index (κ1) is 10.0. The van der Waals surface area contributed by atoms with Crippen LogP contribution in [0.1, 0.15) is 11.1 Å². The van der Waals surface area contributed by atoms with Gasteiger partial charge < -0.3 is 0 Å². The summed E-state index contributed by atoms with van der Waals surface area (Å²) in [5.41, 5.74) is 4.07. The van der Waals surface area contributed by atoms with Gasteiger partial charge in [0.25, 0.3) is 0 Å². The summed E-state index contributed by atoms with van der Waals surface area (Å²) in [7, 11) is 1.76. The van der Waals surface area contributed by atoms with E-state index in [4.69, 9.17) is 0 Å². The van der Waals surface area contributed by atoms with Gasteiger partial charge in [-0.25, -0.2) is 5.01 Å². The van der Waals surface area contributed by atoms with E-state index in [1.165, 1.54) is 12.1 Å². The molecule has 0 fully saturated rings. The molecule has 0 aromatic heterocycles. The quantitative estimate of drug-likeness (QED) is 0.589. The molecule has 1 aliphatic rings. The van der Waals surface area contributed by atoms with Crippen LogP contribution in [0.15, 0.2) is 12.1 Å². The van der Waals surface area contributed by atoms with E-state index in [-0.39, 0.29) is 0 Å². The molecule has 0 radical (unpaired) electrons. The molecule has 1 aliphatic heterocycles. The molecule has 0 unspecified atom stereocenters. The van der Waals surface area contributed by atoms with Crippen molar-refractivity contribution in [2.24, 2.45) is 0 Å². The Morgan fingerprint density at radius 3 is 2.60 bits per heavy atom. The molecule has 1 aromatic carbocycles. The fraction of sp³-hybridized carbons (Fsp3) is 0.333. The molecule has 0 aliphatic carbocycles. The van der Waals surface area contributed by atoms with Crippen LogP contribution in [0.5, 0.6) is 0 Å². The molecule has 80 valence electrons. The number of fused-ring (bicyclic) bond motifs is 1. The molecule has 2 rings (SSSR count). The summed E-state index contributed by atoms with van der Waals surface area (Å²) in [5, 5.41) is 12.4. The third kappa shape index (κ3) is 1.69. The van der Waals surface area contributed by atoms with Crippen LogP contribution in [-0.2, 0) is 13.1 Å². The monoisotopic (exact) mass is 211 g/mol. The Bertz CT molecular complexity index is 422. The first-order valence-electron chi connectivity index (χ1n) is 4.50. The average Bonchev–Trinajstić information content (AvgIpc) is 2.58. The number of halogens is 1. The van der Waals surface area contributed by atoms with Gasteiger partial charge in [0.2, 0.25) is 5.82 Å². The lowest BCUT2D eigenvalue weighted by molar-refractivity contribution is -0.387. The lowest BCUT2D eigenvalue weighted by Crippen LogP contribution is -2.29. The van der Waals surface area contributed by atoms with Gasteiger partial charge in [0.05, 0.1) is 4.92 Å². The Kier molecular flexibility index (Phi) is 2.37. The number of hydrazine groups is 1. The smallest absolute Gasteiger partial charge is 0.258 e. The molecule has 1 aromatic rings. The highest BCUT2D eigenvalue weighted by Crippen LogP contribution is 2.27. The van der Waals surface area contributed by atoms with Gasteiger partial charge in [0, 0.05) is 19.2 Å². The molecule has 5 nitrogen and oxygen atoms in total. The van der Waals surface area contributed by atoms with Gasteiger partial charge in [0.1, 0.15) is 0 Å². The van der Waals surface area contributed by atoms with Crippen LogP contribution in [-0.4, -0.2) is 17.0 Å². The van der Waals surface area contributed by atoms with Crippen LogP contribution >= 0.6 is 0 Å². The lowest BCUT2D eigenvalue weighted by atomic mass is 10.1. The van der Waals surface area contributed by atoms with Crippen molar-refractivity contribution in [1.82, 2.24) is 10.4 Å². The maximum absolute atomic E-state index is 13.2. The predicted molar refractivity (Wildman–Crippen MR) is 51.4 cm³/mol. The summed E-state index contributed by atoms with van der Waals surface area (Å²) >= 11 is 0. The van der Waals surface area contributed by atoms with Gasteiger partial charge in [0.15, 0.2) is 0 Å². The zero-order valence-electron chi connectivity index (χ0n) is 8.16. The highest BCUT2D eigenvalue weighted by Gasteiger charge is 2.24. The predicted octanol–water partition coefficient (Wildman–Crippen LogP) is 1.18. The Balaban J connectivity index is 2.41. The minimum absolute atomic E-state index is 0.452. The topological polar surface area (TPSA) is 58.4 Å². The molecule has 0 atom stereocenters. The van der Waals surface area contributed by atoms with Crippen molar-refractivity contribution >= 4 is 5.69 Å². The molecule has 15 heavy (non-hydrogen) atoms. The number of hydrogen-bond donors (Lipinski definition) is 1. The van der Waals surface area contributed by atoms with Gasteiger partial charge in [-0.2, -0.15) is 4.39 Å². The first-order valence-corrected chi connectivity index (χ1v) is 4.50. The largest absolute Gasteiger partial charge is 0.305 e.